The average Bonchev–Trinajstić information content (AvgIpc) is 3.42. The number of fused-ring (bicyclic) bond motifs is 1. The van der Waals surface area contributed by atoms with Crippen molar-refractivity contribution < 1.29 is 28.7 Å². The summed E-state index contributed by atoms with van der Waals surface area (Å²) < 4.78 is 18.1. The Morgan fingerprint density at radius 3 is 2.31 bits per heavy atom. The molecule has 0 amide bonds. The maximum atomic E-state index is 14.1. The number of hydrogen-bond donors (Lipinski definition) is 0. The molecule has 0 fully saturated rings. The fraction of sp³-hybridized carbons (Fsp3) is 0.111. The van der Waals surface area contributed by atoms with E-state index in [1.807, 2.05) is 42.5 Å². The molecule has 0 aliphatic carbocycles. The molecule has 1 aliphatic heterocycles. The number of nitro benzene ring substituents is 1. The number of aromatic nitrogens is 1. The van der Waals surface area contributed by atoms with Crippen LogP contribution in [0.5, 0.6) is 11.5 Å². The molecule has 0 N–H and O–H groups in total. The van der Waals surface area contributed by atoms with Gasteiger partial charge in [0.15, 0.2) is 4.80 Å². The number of methoxy groups -OCH3 is 1. The summed E-state index contributed by atoms with van der Waals surface area (Å²) in [4.78, 5) is 56.0. The first-order valence-corrected chi connectivity index (χ1v) is 15.6. The van der Waals surface area contributed by atoms with E-state index in [0.717, 1.165) is 6.07 Å². The fourth-order valence-electron chi connectivity index (χ4n) is 5.24. The van der Waals surface area contributed by atoms with Gasteiger partial charge in [0, 0.05) is 17.7 Å². The summed E-state index contributed by atoms with van der Waals surface area (Å²) in [6.45, 7) is 1.86. The van der Waals surface area contributed by atoms with Gasteiger partial charge in [-0.05, 0) is 54.5 Å². The normalized spacial score (nSPS) is 14.1. The molecule has 0 bridgehead atoms. The van der Waals surface area contributed by atoms with Crippen molar-refractivity contribution in [2.75, 3.05) is 13.7 Å². The highest BCUT2D eigenvalue weighted by Gasteiger charge is 2.35. The molecular formula is C36H27N3O8S. The van der Waals surface area contributed by atoms with Crippen molar-refractivity contribution in [3.63, 3.8) is 0 Å². The Kier molecular flexibility index (Phi) is 9.08. The van der Waals surface area contributed by atoms with Crippen LogP contribution in [0.2, 0.25) is 0 Å². The van der Waals surface area contributed by atoms with Crippen LogP contribution in [-0.2, 0) is 9.53 Å². The molecule has 6 rings (SSSR count). The monoisotopic (exact) mass is 661 g/mol. The highest BCUT2D eigenvalue weighted by atomic mass is 32.1. The molecule has 11 nitrogen and oxygen atoms in total. The molecule has 0 saturated carbocycles. The van der Waals surface area contributed by atoms with E-state index >= 15 is 0 Å². The summed E-state index contributed by atoms with van der Waals surface area (Å²) in [6.07, 6.45) is 1.69. The van der Waals surface area contributed by atoms with Gasteiger partial charge < -0.3 is 14.2 Å². The van der Waals surface area contributed by atoms with Crippen LogP contribution < -0.4 is 24.4 Å². The number of nitrogens with zero attached hydrogens (tertiary/aromatic N) is 3. The zero-order valence-corrected chi connectivity index (χ0v) is 26.5. The standard InChI is InChI=1S/C36H27N3O8S/c1-3-46-35(42)30-31(23-8-5-4-6-9-23)37-36-38(32(30)24-14-18-27(45-2)19-15-24)33(40)29(48-36)20-22-12-16-28(17-13-22)47-34(41)25-10-7-11-26(21-25)39(43)44/h4-21,32H,3H2,1-2H3/b29-20-/t32-/m0/s1. The first-order valence-electron chi connectivity index (χ1n) is 14.8. The second kappa shape index (κ2) is 13.7. The van der Waals surface area contributed by atoms with Crippen molar-refractivity contribution in [3.8, 4) is 11.5 Å². The van der Waals surface area contributed by atoms with E-state index < -0.39 is 22.9 Å². The van der Waals surface area contributed by atoms with E-state index in [1.165, 1.54) is 34.1 Å². The number of hydrogen-bond acceptors (Lipinski definition) is 10. The summed E-state index contributed by atoms with van der Waals surface area (Å²) in [7, 11) is 1.56. The van der Waals surface area contributed by atoms with Gasteiger partial charge in [0.2, 0.25) is 0 Å². The second-order valence-corrected chi connectivity index (χ2v) is 11.5. The van der Waals surface area contributed by atoms with Crippen molar-refractivity contribution in [1.29, 1.82) is 0 Å². The Hall–Kier alpha value is -6.14. The van der Waals surface area contributed by atoms with Gasteiger partial charge in [0.1, 0.15) is 11.5 Å². The van der Waals surface area contributed by atoms with Crippen LogP contribution in [0.4, 0.5) is 5.69 Å². The first-order chi connectivity index (χ1) is 23.3. The average molecular weight is 662 g/mol. The molecule has 2 heterocycles. The van der Waals surface area contributed by atoms with Crippen LogP contribution in [0.25, 0.3) is 11.8 Å². The Morgan fingerprint density at radius 2 is 1.65 bits per heavy atom. The highest BCUT2D eigenvalue weighted by molar-refractivity contribution is 7.07. The summed E-state index contributed by atoms with van der Waals surface area (Å²) >= 11 is 1.18. The Bertz CT molecular complexity index is 2240. The molecule has 0 spiro atoms. The van der Waals surface area contributed by atoms with Crippen molar-refractivity contribution in [3.05, 3.63) is 161 Å². The minimum Gasteiger partial charge on any atom is -0.497 e. The minimum absolute atomic E-state index is 0.0397. The van der Waals surface area contributed by atoms with Gasteiger partial charge in [0.05, 0.1) is 46.0 Å². The van der Waals surface area contributed by atoms with Crippen LogP contribution in [0, 0.1) is 10.1 Å². The lowest BCUT2D eigenvalue weighted by molar-refractivity contribution is -0.384. The zero-order chi connectivity index (χ0) is 33.8. The number of thiazole rings is 1. The number of nitro groups is 1. The summed E-state index contributed by atoms with van der Waals surface area (Å²) in [5, 5.41) is 11.1. The first kappa shape index (κ1) is 31.8. The molecular weight excluding hydrogens is 634 g/mol. The Balaban J connectivity index is 1.41. The van der Waals surface area contributed by atoms with Crippen LogP contribution in [0.15, 0.2) is 118 Å². The summed E-state index contributed by atoms with van der Waals surface area (Å²) in [6, 6.07) is 27.3. The number of ether oxygens (including phenoxy) is 3. The molecule has 0 radical (unpaired) electrons. The van der Waals surface area contributed by atoms with Crippen LogP contribution in [-0.4, -0.2) is 35.1 Å². The fourth-order valence-corrected chi connectivity index (χ4v) is 6.24. The number of carbonyl (C=O) groups excluding carboxylic acids is 2. The number of non-ortho nitro benzene ring substituents is 1. The molecule has 1 aliphatic rings. The second-order valence-electron chi connectivity index (χ2n) is 10.5. The summed E-state index contributed by atoms with van der Waals surface area (Å²) in [5.41, 5.74) is 2.13. The lowest BCUT2D eigenvalue weighted by atomic mass is 9.93. The van der Waals surface area contributed by atoms with Crippen LogP contribution in [0.1, 0.15) is 40.0 Å². The quantitative estimate of drug-likeness (QED) is 0.0924. The van der Waals surface area contributed by atoms with Gasteiger partial charge in [-0.25, -0.2) is 14.6 Å². The Morgan fingerprint density at radius 1 is 0.938 bits per heavy atom. The van der Waals surface area contributed by atoms with Crippen molar-refractivity contribution in [1.82, 2.24) is 4.57 Å². The molecule has 240 valence electrons. The van der Waals surface area contributed by atoms with Gasteiger partial charge >= 0.3 is 11.9 Å². The third kappa shape index (κ3) is 6.42. The zero-order valence-electron chi connectivity index (χ0n) is 25.7. The third-order valence-electron chi connectivity index (χ3n) is 7.49. The number of benzene rings is 4. The number of rotatable bonds is 9. The minimum atomic E-state index is -0.834. The van der Waals surface area contributed by atoms with Gasteiger partial charge in [-0.1, -0.05) is 72.0 Å². The maximum absolute atomic E-state index is 14.1. The van der Waals surface area contributed by atoms with Gasteiger partial charge in [-0.2, -0.15) is 0 Å². The van der Waals surface area contributed by atoms with E-state index in [2.05, 4.69) is 0 Å². The number of carbonyl (C=O) groups is 2. The van der Waals surface area contributed by atoms with E-state index in [4.69, 9.17) is 19.2 Å². The van der Waals surface area contributed by atoms with E-state index in [0.29, 0.717) is 37.5 Å². The predicted molar refractivity (Wildman–Crippen MR) is 179 cm³/mol. The van der Waals surface area contributed by atoms with Crippen molar-refractivity contribution >= 4 is 40.7 Å². The van der Waals surface area contributed by atoms with Gasteiger partial charge in [0.25, 0.3) is 11.2 Å². The maximum Gasteiger partial charge on any atom is 0.343 e. The Labute approximate surface area is 277 Å². The van der Waals surface area contributed by atoms with Crippen LogP contribution in [0.3, 0.4) is 0 Å². The van der Waals surface area contributed by atoms with Gasteiger partial charge in [-0.15, -0.1) is 0 Å². The molecule has 1 atom stereocenters. The molecule has 12 heteroatoms. The van der Waals surface area contributed by atoms with Gasteiger partial charge in [-0.3, -0.25) is 19.5 Å². The SMILES string of the molecule is CCOC(=O)C1=C(c2ccccc2)N=c2s/c(=C\c3ccc(OC(=O)c4cccc([N+](=O)[O-])c4)cc3)c(=O)n2[C@H]1c1ccc(OC)cc1. The lowest BCUT2D eigenvalue weighted by Gasteiger charge is -2.26. The topological polar surface area (TPSA) is 139 Å². The van der Waals surface area contributed by atoms with Crippen molar-refractivity contribution in [2.24, 2.45) is 4.99 Å². The van der Waals surface area contributed by atoms with E-state index in [1.54, 1.807) is 56.5 Å². The van der Waals surface area contributed by atoms with Crippen LogP contribution >= 0.6 is 11.3 Å². The highest BCUT2D eigenvalue weighted by Crippen LogP contribution is 2.35. The molecule has 4 aromatic carbocycles. The molecule has 5 aromatic rings. The number of esters is 2. The van der Waals surface area contributed by atoms with E-state index in [9.17, 15) is 24.5 Å². The molecule has 1 aromatic heterocycles. The third-order valence-corrected chi connectivity index (χ3v) is 8.47. The predicted octanol–water partition coefficient (Wildman–Crippen LogP) is 5.07. The summed E-state index contributed by atoms with van der Waals surface area (Å²) in [5.74, 6) is -0.484. The lowest BCUT2D eigenvalue weighted by Crippen LogP contribution is -2.40. The van der Waals surface area contributed by atoms with Crippen molar-refractivity contribution in [2.45, 2.75) is 13.0 Å². The molecule has 0 saturated heterocycles. The van der Waals surface area contributed by atoms with E-state index in [-0.39, 0.29) is 34.7 Å². The largest absolute Gasteiger partial charge is 0.497 e. The smallest absolute Gasteiger partial charge is 0.343 e. The molecule has 48 heavy (non-hydrogen) atoms. The molecule has 0 unspecified atom stereocenters.